The lowest BCUT2D eigenvalue weighted by atomic mass is 9.88. The number of fused-ring (bicyclic) bond motifs is 1. The molecule has 0 aromatic heterocycles. The van der Waals surface area contributed by atoms with Gasteiger partial charge in [0.1, 0.15) is 0 Å². The highest BCUT2D eigenvalue weighted by molar-refractivity contribution is 5.77. The lowest BCUT2D eigenvalue weighted by Crippen LogP contribution is -2.44. The second-order valence-corrected chi connectivity index (χ2v) is 5.83. The van der Waals surface area contributed by atoms with Crippen molar-refractivity contribution >= 4 is 5.91 Å². The molecular formula is C13H22N2O3. The average molecular weight is 254 g/mol. The zero-order chi connectivity index (χ0) is 12.7. The third-order valence-electron chi connectivity index (χ3n) is 4.89. The van der Waals surface area contributed by atoms with Gasteiger partial charge in [0.15, 0.2) is 0 Å². The molecule has 102 valence electrons. The number of amides is 1. The molecule has 5 nitrogen and oxygen atoms in total. The van der Waals surface area contributed by atoms with Gasteiger partial charge >= 0.3 is 0 Å². The van der Waals surface area contributed by atoms with Crippen LogP contribution in [0.2, 0.25) is 0 Å². The molecule has 1 amide bonds. The molecular weight excluding hydrogens is 232 g/mol. The van der Waals surface area contributed by atoms with Crippen LogP contribution < -0.4 is 5.73 Å². The fourth-order valence-electron chi connectivity index (χ4n) is 4.19. The van der Waals surface area contributed by atoms with E-state index in [0.717, 1.165) is 19.4 Å². The molecule has 5 atom stereocenters. The van der Waals surface area contributed by atoms with Gasteiger partial charge in [-0.1, -0.05) is 0 Å². The molecule has 5 heteroatoms. The Bertz CT molecular complexity index is 334. The van der Waals surface area contributed by atoms with Gasteiger partial charge in [-0.3, -0.25) is 4.79 Å². The monoisotopic (exact) mass is 254 g/mol. The van der Waals surface area contributed by atoms with Crippen LogP contribution in [0.5, 0.6) is 0 Å². The first-order chi connectivity index (χ1) is 8.72. The normalized spacial score (nSPS) is 40.8. The van der Waals surface area contributed by atoms with Gasteiger partial charge in [0.05, 0.1) is 31.8 Å². The maximum absolute atomic E-state index is 12.2. The Morgan fingerprint density at radius 3 is 2.89 bits per heavy atom. The SMILES string of the molecule is NCCOCCC(=O)N1CC2CC3CC2C1C3O. The molecule has 0 aromatic rings. The van der Waals surface area contributed by atoms with Crippen LogP contribution in [0.15, 0.2) is 0 Å². The van der Waals surface area contributed by atoms with Gasteiger partial charge in [-0.2, -0.15) is 0 Å². The number of ether oxygens (including phenoxy) is 1. The third-order valence-corrected chi connectivity index (χ3v) is 4.89. The Hall–Kier alpha value is -0.650. The average Bonchev–Trinajstić information content (AvgIpc) is 2.95. The molecule has 2 bridgehead atoms. The van der Waals surface area contributed by atoms with Crippen molar-refractivity contribution in [2.45, 2.75) is 31.4 Å². The summed E-state index contributed by atoms with van der Waals surface area (Å²) < 4.78 is 5.25. The Kier molecular flexibility index (Phi) is 3.30. The van der Waals surface area contributed by atoms with Crippen molar-refractivity contribution in [1.29, 1.82) is 0 Å². The van der Waals surface area contributed by atoms with Gasteiger partial charge in [0.2, 0.25) is 5.91 Å². The van der Waals surface area contributed by atoms with Crippen LogP contribution >= 0.6 is 0 Å². The Balaban J connectivity index is 1.56. The number of rotatable bonds is 5. The van der Waals surface area contributed by atoms with E-state index >= 15 is 0 Å². The number of likely N-dealkylation sites (tertiary alicyclic amines) is 1. The maximum Gasteiger partial charge on any atom is 0.225 e. The number of aliphatic hydroxyl groups is 1. The molecule has 3 rings (SSSR count). The van der Waals surface area contributed by atoms with Crippen LogP contribution in [-0.2, 0) is 9.53 Å². The van der Waals surface area contributed by atoms with E-state index in [4.69, 9.17) is 10.5 Å². The molecule has 18 heavy (non-hydrogen) atoms. The van der Waals surface area contributed by atoms with E-state index in [1.807, 2.05) is 4.90 Å². The highest BCUT2D eigenvalue weighted by atomic mass is 16.5. The van der Waals surface area contributed by atoms with Crippen molar-refractivity contribution in [3.63, 3.8) is 0 Å². The van der Waals surface area contributed by atoms with E-state index in [2.05, 4.69) is 0 Å². The zero-order valence-corrected chi connectivity index (χ0v) is 10.6. The fourth-order valence-corrected chi connectivity index (χ4v) is 4.19. The first-order valence-electron chi connectivity index (χ1n) is 6.97. The molecule has 0 aromatic carbocycles. The minimum absolute atomic E-state index is 0.0933. The second kappa shape index (κ2) is 4.79. The van der Waals surface area contributed by atoms with Gasteiger partial charge in [-0.05, 0) is 30.6 Å². The molecule has 3 fully saturated rings. The topological polar surface area (TPSA) is 75.8 Å². The molecule has 1 heterocycles. The van der Waals surface area contributed by atoms with Crippen molar-refractivity contribution < 1.29 is 14.6 Å². The summed E-state index contributed by atoms with van der Waals surface area (Å²) in [5.74, 6) is 1.76. The molecule has 3 aliphatic rings. The number of aliphatic hydroxyl groups excluding tert-OH is 1. The van der Waals surface area contributed by atoms with E-state index in [9.17, 15) is 9.90 Å². The predicted molar refractivity (Wildman–Crippen MR) is 65.7 cm³/mol. The van der Waals surface area contributed by atoms with Crippen LogP contribution in [0.25, 0.3) is 0 Å². The van der Waals surface area contributed by atoms with Crippen molar-refractivity contribution in [3.8, 4) is 0 Å². The first kappa shape index (κ1) is 12.4. The van der Waals surface area contributed by atoms with Gasteiger partial charge in [-0.25, -0.2) is 0 Å². The summed E-state index contributed by atoms with van der Waals surface area (Å²) in [4.78, 5) is 14.1. The summed E-state index contributed by atoms with van der Waals surface area (Å²) in [7, 11) is 0. The minimum atomic E-state index is -0.289. The number of nitrogens with two attached hydrogens (primary N) is 1. The van der Waals surface area contributed by atoms with Crippen LogP contribution in [-0.4, -0.2) is 54.4 Å². The summed E-state index contributed by atoms with van der Waals surface area (Å²) in [6.07, 6.45) is 2.34. The highest BCUT2D eigenvalue weighted by Gasteiger charge is 2.59. The van der Waals surface area contributed by atoms with E-state index in [0.29, 0.717) is 43.9 Å². The summed E-state index contributed by atoms with van der Waals surface area (Å²) >= 11 is 0. The number of hydrogen-bond donors (Lipinski definition) is 2. The molecule has 0 radical (unpaired) electrons. The van der Waals surface area contributed by atoms with E-state index in [-0.39, 0.29) is 18.1 Å². The van der Waals surface area contributed by atoms with Gasteiger partial charge in [-0.15, -0.1) is 0 Å². The highest BCUT2D eigenvalue weighted by Crippen LogP contribution is 2.54. The molecule has 3 N–H and O–H groups in total. The molecule has 5 unspecified atom stereocenters. The zero-order valence-electron chi connectivity index (χ0n) is 10.6. The maximum atomic E-state index is 12.2. The Morgan fingerprint density at radius 2 is 2.17 bits per heavy atom. The van der Waals surface area contributed by atoms with Crippen LogP contribution in [0.4, 0.5) is 0 Å². The summed E-state index contributed by atoms with van der Waals surface area (Å²) in [6, 6.07) is 0.0933. The molecule has 2 aliphatic carbocycles. The quantitative estimate of drug-likeness (QED) is 0.653. The second-order valence-electron chi connectivity index (χ2n) is 5.83. The molecule has 0 spiro atoms. The van der Waals surface area contributed by atoms with E-state index < -0.39 is 0 Å². The molecule has 1 saturated heterocycles. The molecule has 1 aliphatic heterocycles. The smallest absolute Gasteiger partial charge is 0.225 e. The standard InChI is InChI=1S/C13H22N2O3/c14-2-4-18-3-1-11(16)15-7-9-5-8-6-10(9)12(15)13(8)17/h8-10,12-13,17H,1-7,14H2. The van der Waals surface area contributed by atoms with Crippen molar-refractivity contribution in [1.82, 2.24) is 4.90 Å². The van der Waals surface area contributed by atoms with Crippen LogP contribution in [0.1, 0.15) is 19.3 Å². The van der Waals surface area contributed by atoms with Gasteiger partial charge < -0.3 is 20.5 Å². The summed E-state index contributed by atoms with van der Waals surface area (Å²) in [5.41, 5.74) is 5.33. The predicted octanol–water partition coefficient (Wildman–Crippen LogP) is -0.420. The van der Waals surface area contributed by atoms with E-state index in [1.165, 1.54) is 0 Å². The fraction of sp³-hybridized carbons (Fsp3) is 0.923. The number of hydrogen-bond acceptors (Lipinski definition) is 4. The lowest BCUT2D eigenvalue weighted by molar-refractivity contribution is -0.135. The number of carbonyl (C=O) groups is 1. The summed E-state index contributed by atoms with van der Waals surface area (Å²) in [6.45, 7) is 2.28. The van der Waals surface area contributed by atoms with Crippen molar-refractivity contribution in [3.05, 3.63) is 0 Å². The number of carbonyl (C=O) groups excluding carboxylic acids is 1. The third kappa shape index (κ3) is 1.85. The largest absolute Gasteiger partial charge is 0.391 e. The van der Waals surface area contributed by atoms with Gasteiger partial charge in [0.25, 0.3) is 0 Å². The lowest BCUT2D eigenvalue weighted by Gasteiger charge is -2.28. The minimum Gasteiger partial charge on any atom is -0.391 e. The van der Waals surface area contributed by atoms with Crippen molar-refractivity contribution in [2.75, 3.05) is 26.3 Å². The molecule has 2 saturated carbocycles. The summed E-state index contributed by atoms with van der Waals surface area (Å²) in [5, 5.41) is 10.2. The first-order valence-corrected chi connectivity index (χ1v) is 6.97. The number of nitrogens with zero attached hydrogens (tertiary/aromatic N) is 1. The van der Waals surface area contributed by atoms with Gasteiger partial charge in [0, 0.05) is 13.1 Å². The van der Waals surface area contributed by atoms with Crippen LogP contribution in [0.3, 0.4) is 0 Å². The van der Waals surface area contributed by atoms with E-state index in [1.54, 1.807) is 0 Å². The van der Waals surface area contributed by atoms with Crippen molar-refractivity contribution in [2.24, 2.45) is 23.5 Å². The Morgan fingerprint density at radius 1 is 1.33 bits per heavy atom. The Labute approximate surface area is 107 Å². The van der Waals surface area contributed by atoms with Crippen LogP contribution in [0, 0.1) is 17.8 Å².